The summed E-state index contributed by atoms with van der Waals surface area (Å²) in [5.74, 6) is -0.394. The summed E-state index contributed by atoms with van der Waals surface area (Å²) in [5, 5.41) is 9.51. The Morgan fingerprint density at radius 2 is 1.72 bits per heavy atom. The molecule has 0 amide bonds. The first-order valence-corrected chi connectivity index (χ1v) is 11.2. The van der Waals surface area contributed by atoms with Gasteiger partial charge in [0.25, 0.3) is 0 Å². The Hall–Kier alpha value is -3.46. The van der Waals surface area contributed by atoms with Gasteiger partial charge in [-0.25, -0.2) is 4.79 Å². The molecule has 32 heavy (non-hydrogen) atoms. The molecular formula is C29H26O3. The lowest BCUT2D eigenvalue weighted by Crippen LogP contribution is -2.46. The highest BCUT2D eigenvalue weighted by Gasteiger charge is 2.49. The number of aryl methyl sites for hydroxylation is 1. The second-order valence-corrected chi connectivity index (χ2v) is 9.12. The highest BCUT2D eigenvalue weighted by molar-refractivity contribution is 6.01. The maximum atomic E-state index is 13.2. The molecule has 5 rings (SSSR count). The van der Waals surface area contributed by atoms with E-state index in [2.05, 4.69) is 24.3 Å². The predicted octanol–water partition coefficient (Wildman–Crippen LogP) is 5.87. The van der Waals surface area contributed by atoms with E-state index in [4.69, 9.17) is 0 Å². The number of hydrogen-bond donors (Lipinski definition) is 1. The van der Waals surface area contributed by atoms with Crippen LogP contribution in [0.2, 0.25) is 0 Å². The highest BCUT2D eigenvalue weighted by Crippen LogP contribution is 2.52. The zero-order valence-corrected chi connectivity index (χ0v) is 18.0. The number of ketones is 1. The average Bonchev–Trinajstić information content (AvgIpc) is 2.81. The number of carbonyl (C=O) groups excluding carboxylic acids is 1. The minimum absolute atomic E-state index is 0.208. The van der Waals surface area contributed by atoms with Crippen molar-refractivity contribution in [3.8, 4) is 0 Å². The number of rotatable bonds is 4. The van der Waals surface area contributed by atoms with Crippen molar-refractivity contribution in [3.05, 3.63) is 112 Å². The molecule has 2 atom stereocenters. The van der Waals surface area contributed by atoms with Gasteiger partial charge in [-0.15, -0.1) is 0 Å². The first-order chi connectivity index (χ1) is 15.5. The fourth-order valence-corrected chi connectivity index (χ4v) is 5.72. The average molecular weight is 423 g/mol. The molecule has 3 aromatic carbocycles. The molecule has 0 bridgehead atoms. The van der Waals surface area contributed by atoms with Crippen LogP contribution >= 0.6 is 0 Å². The summed E-state index contributed by atoms with van der Waals surface area (Å²) >= 11 is 0. The van der Waals surface area contributed by atoms with Crippen LogP contribution in [-0.4, -0.2) is 16.9 Å². The second-order valence-electron chi connectivity index (χ2n) is 9.12. The Labute approximate surface area is 188 Å². The van der Waals surface area contributed by atoms with Gasteiger partial charge in [0.1, 0.15) is 0 Å². The molecule has 0 aliphatic heterocycles. The number of benzene rings is 3. The van der Waals surface area contributed by atoms with Crippen LogP contribution in [0.1, 0.15) is 51.9 Å². The summed E-state index contributed by atoms with van der Waals surface area (Å²) in [6.45, 7) is 0. The lowest BCUT2D eigenvalue weighted by molar-refractivity contribution is -0.119. The molecule has 2 aliphatic carbocycles. The largest absolute Gasteiger partial charge is 0.478 e. The van der Waals surface area contributed by atoms with Crippen LogP contribution < -0.4 is 0 Å². The monoisotopic (exact) mass is 422 g/mol. The SMILES string of the molecule is O=C1C[C@H]2CCc3cc(C(=O)O)ccc3[C@]2(Cc2ccccc2)C/C1=C\c1ccccc1. The Morgan fingerprint density at radius 3 is 2.44 bits per heavy atom. The van der Waals surface area contributed by atoms with E-state index >= 15 is 0 Å². The zero-order valence-electron chi connectivity index (χ0n) is 18.0. The van der Waals surface area contributed by atoms with E-state index in [0.29, 0.717) is 18.4 Å². The van der Waals surface area contributed by atoms with Crippen LogP contribution in [0, 0.1) is 5.92 Å². The van der Waals surface area contributed by atoms with Crippen LogP contribution in [0.15, 0.2) is 84.4 Å². The molecule has 3 nitrogen and oxygen atoms in total. The summed E-state index contributed by atoms with van der Waals surface area (Å²) in [7, 11) is 0. The van der Waals surface area contributed by atoms with Crippen molar-refractivity contribution >= 4 is 17.8 Å². The molecule has 0 saturated heterocycles. The van der Waals surface area contributed by atoms with Crippen LogP contribution in [0.5, 0.6) is 0 Å². The molecule has 3 aromatic rings. The Kier molecular flexibility index (Phi) is 5.26. The van der Waals surface area contributed by atoms with Gasteiger partial charge >= 0.3 is 5.97 Å². The minimum Gasteiger partial charge on any atom is -0.478 e. The van der Waals surface area contributed by atoms with Crippen LogP contribution in [-0.2, 0) is 23.1 Å². The molecule has 1 saturated carbocycles. The summed E-state index contributed by atoms with van der Waals surface area (Å²) in [6, 6.07) is 26.1. The summed E-state index contributed by atoms with van der Waals surface area (Å²) in [5.41, 5.74) is 5.63. The normalized spacial score (nSPS) is 23.4. The van der Waals surface area contributed by atoms with E-state index in [1.165, 1.54) is 11.1 Å². The van der Waals surface area contributed by atoms with E-state index in [9.17, 15) is 14.7 Å². The van der Waals surface area contributed by atoms with E-state index in [1.807, 2.05) is 54.6 Å². The van der Waals surface area contributed by atoms with Gasteiger partial charge in [-0.05, 0) is 77.6 Å². The third kappa shape index (κ3) is 3.69. The number of carboxylic acids is 1. The Bertz CT molecular complexity index is 1190. The summed E-state index contributed by atoms with van der Waals surface area (Å²) in [6.07, 6.45) is 5.85. The topological polar surface area (TPSA) is 54.4 Å². The molecule has 0 heterocycles. The van der Waals surface area contributed by atoms with Crippen LogP contribution in [0.3, 0.4) is 0 Å². The first-order valence-electron chi connectivity index (χ1n) is 11.2. The highest BCUT2D eigenvalue weighted by atomic mass is 16.4. The molecular weight excluding hydrogens is 396 g/mol. The van der Waals surface area contributed by atoms with Gasteiger partial charge < -0.3 is 5.11 Å². The smallest absolute Gasteiger partial charge is 0.335 e. The molecule has 0 radical (unpaired) electrons. The van der Waals surface area contributed by atoms with Gasteiger partial charge in [0.05, 0.1) is 5.56 Å². The lowest BCUT2D eigenvalue weighted by atomic mass is 9.54. The molecule has 0 spiro atoms. The van der Waals surface area contributed by atoms with E-state index in [0.717, 1.165) is 36.0 Å². The Morgan fingerprint density at radius 1 is 1.00 bits per heavy atom. The number of hydrogen-bond acceptors (Lipinski definition) is 2. The quantitative estimate of drug-likeness (QED) is 0.535. The standard InChI is InChI=1S/C29H26O3/c30-27-17-25-13-11-22-16-23(28(31)32)12-14-26(22)29(25,18-21-9-5-2-6-10-21)19-24(27)15-20-7-3-1-4-8-20/h1-10,12,14-16,25H,11,13,17-19H2,(H,31,32)/b24-15+/t25-,29-/m1/s1. The van der Waals surface area contributed by atoms with Gasteiger partial charge in [-0.2, -0.15) is 0 Å². The second kappa shape index (κ2) is 8.23. The molecule has 1 fully saturated rings. The fraction of sp³-hybridized carbons (Fsp3) is 0.241. The number of Topliss-reactive ketones (excluding diaryl/α,β-unsaturated/α-hetero) is 1. The summed E-state index contributed by atoms with van der Waals surface area (Å²) < 4.78 is 0. The molecule has 160 valence electrons. The number of carboxylic acid groups (broad SMARTS) is 1. The van der Waals surface area contributed by atoms with Crippen molar-refractivity contribution in [3.63, 3.8) is 0 Å². The number of allylic oxidation sites excluding steroid dienone is 1. The molecule has 3 heteroatoms. The van der Waals surface area contributed by atoms with Gasteiger partial charge in [-0.3, -0.25) is 4.79 Å². The van der Waals surface area contributed by atoms with Crippen molar-refractivity contribution in [2.24, 2.45) is 5.92 Å². The summed E-state index contributed by atoms with van der Waals surface area (Å²) in [4.78, 5) is 24.7. The van der Waals surface area contributed by atoms with E-state index in [1.54, 1.807) is 6.07 Å². The molecule has 1 N–H and O–H groups in total. The molecule has 0 aromatic heterocycles. The van der Waals surface area contributed by atoms with Gasteiger partial charge in [-0.1, -0.05) is 66.7 Å². The lowest BCUT2D eigenvalue weighted by Gasteiger charge is -2.49. The predicted molar refractivity (Wildman–Crippen MR) is 126 cm³/mol. The van der Waals surface area contributed by atoms with E-state index in [-0.39, 0.29) is 17.1 Å². The number of fused-ring (bicyclic) bond motifs is 3. The van der Waals surface area contributed by atoms with Gasteiger partial charge in [0.2, 0.25) is 0 Å². The fourth-order valence-electron chi connectivity index (χ4n) is 5.72. The molecule has 0 unspecified atom stereocenters. The van der Waals surface area contributed by atoms with Crippen LogP contribution in [0.25, 0.3) is 6.08 Å². The number of aromatic carboxylic acids is 1. The van der Waals surface area contributed by atoms with Crippen molar-refractivity contribution in [1.82, 2.24) is 0 Å². The van der Waals surface area contributed by atoms with Crippen molar-refractivity contribution < 1.29 is 14.7 Å². The van der Waals surface area contributed by atoms with Crippen molar-refractivity contribution in [2.75, 3.05) is 0 Å². The van der Waals surface area contributed by atoms with Gasteiger partial charge in [0, 0.05) is 11.8 Å². The van der Waals surface area contributed by atoms with Crippen molar-refractivity contribution in [1.29, 1.82) is 0 Å². The number of carbonyl (C=O) groups is 2. The first kappa shape index (κ1) is 20.4. The Balaban J connectivity index is 1.64. The van der Waals surface area contributed by atoms with Crippen LogP contribution in [0.4, 0.5) is 0 Å². The van der Waals surface area contributed by atoms with Crippen molar-refractivity contribution in [2.45, 2.75) is 37.5 Å². The van der Waals surface area contributed by atoms with E-state index < -0.39 is 5.97 Å². The third-order valence-corrected chi connectivity index (χ3v) is 7.23. The van der Waals surface area contributed by atoms with Gasteiger partial charge in [0.15, 0.2) is 5.78 Å². The molecule has 2 aliphatic rings. The third-order valence-electron chi connectivity index (χ3n) is 7.23. The zero-order chi connectivity index (χ0) is 22.1. The minimum atomic E-state index is -0.893. The maximum Gasteiger partial charge on any atom is 0.335 e. The maximum absolute atomic E-state index is 13.2.